The van der Waals surface area contributed by atoms with Crippen molar-refractivity contribution >= 4 is 27.5 Å². The van der Waals surface area contributed by atoms with Crippen LogP contribution in [0.4, 0.5) is 0 Å². The molecular formula is C18H21BrClN. The molecule has 0 spiro atoms. The van der Waals surface area contributed by atoms with Crippen LogP contribution in [-0.2, 0) is 6.42 Å². The van der Waals surface area contributed by atoms with E-state index in [1.807, 2.05) is 12.1 Å². The van der Waals surface area contributed by atoms with Crippen LogP contribution in [0.3, 0.4) is 0 Å². The summed E-state index contributed by atoms with van der Waals surface area (Å²) >= 11 is 9.93. The maximum absolute atomic E-state index is 6.39. The average Bonchev–Trinajstić information content (AvgIpc) is 2.51. The molecule has 1 N–H and O–H groups in total. The molecule has 0 aromatic heterocycles. The van der Waals surface area contributed by atoms with Gasteiger partial charge in [-0.15, -0.1) is 0 Å². The lowest BCUT2D eigenvalue weighted by Crippen LogP contribution is -2.23. The molecule has 0 fully saturated rings. The van der Waals surface area contributed by atoms with Crippen molar-refractivity contribution in [2.24, 2.45) is 0 Å². The Balaban J connectivity index is 2.12. The van der Waals surface area contributed by atoms with Crippen molar-refractivity contribution in [3.8, 4) is 0 Å². The molecule has 1 unspecified atom stereocenters. The number of halogens is 2. The third kappa shape index (κ3) is 5.14. The predicted molar refractivity (Wildman–Crippen MR) is 94.9 cm³/mol. The highest BCUT2D eigenvalue weighted by atomic mass is 79.9. The summed E-state index contributed by atoms with van der Waals surface area (Å²) in [7, 11) is 0. The van der Waals surface area contributed by atoms with Crippen molar-refractivity contribution in [3.05, 3.63) is 69.2 Å². The third-order valence-corrected chi connectivity index (χ3v) is 4.38. The molecule has 0 aliphatic rings. The van der Waals surface area contributed by atoms with Crippen LogP contribution in [0.2, 0.25) is 5.02 Å². The van der Waals surface area contributed by atoms with Gasteiger partial charge in [-0.05, 0) is 55.1 Å². The summed E-state index contributed by atoms with van der Waals surface area (Å²) in [5.41, 5.74) is 2.54. The Kier molecular flexibility index (Phi) is 6.75. The molecule has 2 aromatic rings. The van der Waals surface area contributed by atoms with Crippen LogP contribution in [0.1, 0.15) is 36.9 Å². The fraction of sp³-hybridized carbons (Fsp3) is 0.333. The second kappa shape index (κ2) is 8.57. The van der Waals surface area contributed by atoms with Gasteiger partial charge in [0, 0.05) is 15.5 Å². The van der Waals surface area contributed by atoms with E-state index in [-0.39, 0.29) is 6.04 Å². The highest BCUT2D eigenvalue weighted by molar-refractivity contribution is 9.10. The lowest BCUT2D eigenvalue weighted by atomic mass is 9.98. The maximum Gasteiger partial charge on any atom is 0.0454 e. The third-order valence-electron chi connectivity index (χ3n) is 3.54. The summed E-state index contributed by atoms with van der Waals surface area (Å²) in [6.07, 6.45) is 3.21. The summed E-state index contributed by atoms with van der Waals surface area (Å²) in [5.74, 6) is 0. The monoisotopic (exact) mass is 365 g/mol. The van der Waals surface area contributed by atoms with E-state index in [9.17, 15) is 0 Å². The van der Waals surface area contributed by atoms with Gasteiger partial charge in [-0.2, -0.15) is 0 Å². The van der Waals surface area contributed by atoms with E-state index >= 15 is 0 Å². The van der Waals surface area contributed by atoms with Gasteiger partial charge in [-0.3, -0.25) is 0 Å². The van der Waals surface area contributed by atoms with Gasteiger partial charge in [0.05, 0.1) is 0 Å². The molecule has 0 aliphatic carbocycles. The number of rotatable bonds is 7. The van der Waals surface area contributed by atoms with Gasteiger partial charge in [0.1, 0.15) is 0 Å². The first-order valence-corrected chi connectivity index (χ1v) is 8.60. The second-order valence-electron chi connectivity index (χ2n) is 5.20. The lowest BCUT2D eigenvalue weighted by molar-refractivity contribution is 0.499. The Morgan fingerprint density at radius 3 is 2.62 bits per heavy atom. The van der Waals surface area contributed by atoms with Crippen molar-refractivity contribution in [3.63, 3.8) is 0 Å². The van der Waals surface area contributed by atoms with Gasteiger partial charge in [-0.1, -0.05) is 64.8 Å². The summed E-state index contributed by atoms with van der Waals surface area (Å²) in [6, 6.07) is 17.0. The first-order chi connectivity index (χ1) is 10.2. The van der Waals surface area contributed by atoms with Gasteiger partial charge in [0.2, 0.25) is 0 Å². The molecule has 0 radical (unpaired) electrons. The molecular weight excluding hydrogens is 346 g/mol. The largest absolute Gasteiger partial charge is 0.310 e. The van der Waals surface area contributed by atoms with Crippen LogP contribution in [0.15, 0.2) is 53.0 Å². The van der Waals surface area contributed by atoms with E-state index in [4.69, 9.17) is 11.6 Å². The molecule has 21 heavy (non-hydrogen) atoms. The minimum Gasteiger partial charge on any atom is -0.310 e. The Morgan fingerprint density at radius 2 is 1.90 bits per heavy atom. The predicted octanol–water partition coefficient (Wildman–Crippen LogP) is 5.78. The molecule has 0 saturated carbocycles. The Labute approximate surface area is 140 Å². The zero-order chi connectivity index (χ0) is 15.1. The van der Waals surface area contributed by atoms with Crippen LogP contribution >= 0.6 is 27.5 Å². The zero-order valence-corrected chi connectivity index (χ0v) is 14.6. The summed E-state index contributed by atoms with van der Waals surface area (Å²) in [5, 5.41) is 4.45. The topological polar surface area (TPSA) is 12.0 Å². The van der Waals surface area contributed by atoms with E-state index in [1.165, 1.54) is 11.1 Å². The first-order valence-electron chi connectivity index (χ1n) is 7.43. The van der Waals surface area contributed by atoms with Crippen molar-refractivity contribution in [1.82, 2.24) is 5.32 Å². The molecule has 112 valence electrons. The van der Waals surface area contributed by atoms with E-state index in [1.54, 1.807) is 0 Å². The highest BCUT2D eigenvalue weighted by Gasteiger charge is 2.14. The van der Waals surface area contributed by atoms with E-state index < -0.39 is 0 Å². The van der Waals surface area contributed by atoms with Crippen molar-refractivity contribution in [2.45, 2.75) is 32.2 Å². The molecule has 0 amide bonds. The molecule has 0 aliphatic heterocycles. The fourth-order valence-electron chi connectivity index (χ4n) is 2.42. The number of benzene rings is 2. The fourth-order valence-corrected chi connectivity index (χ4v) is 3.05. The molecule has 1 atom stereocenters. The van der Waals surface area contributed by atoms with E-state index in [0.717, 1.165) is 35.3 Å². The van der Waals surface area contributed by atoms with E-state index in [0.29, 0.717) is 0 Å². The number of nitrogens with one attached hydrogen (secondary N) is 1. The Morgan fingerprint density at radius 1 is 1.14 bits per heavy atom. The highest BCUT2D eigenvalue weighted by Crippen LogP contribution is 2.29. The Hall–Kier alpha value is -0.830. The number of hydrogen-bond acceptors (Lipinski definition) is 1. The van der Waals surface area contributed by atoms with Crippen LogP contribution in [-0.4, -0.2) is 6.54 Å². The van der Waals surface area contributed by atoms with Crippen LogP contribution < -0.4 is 5.32 Å². The summed E-state index contributed by atoms with van der Waals surface area (Å²) < 4.78 is 1.07. The Bertz CT molecular complexity index is 556. The van der Waals surface area contributed by atoms with Crippen molar-refractivity contribution < 1.29 is 0 Å². The standard InChI is InChI=1S/C18H21BrClN/c1-2-12-21-18(11-8-14-6-4-3-5-7-14)16-13-15(19)9-10-17(16)20/h3-7,9-10,13,18,21H,2,8,11-12H2,1H3. The van der Waals surface area contributed by atoms with Gasteiger partial charge in [0.15, 0.2) is 0 Å². The smallest absolute Gasteiger partial charge is 0.0454 e. The SMILES string of the molecule is CCCNC(CCc1ccccc1)c1cc(Br)ccc1Cl. The van der Waals surface area contributed by atoms with Gasteiger partial charge in [-0.25, -0.2) is 0 Å². The summed E-state index contributed by atoms with van der Waals surface area (Å²) in [6.45, 7) is 3.19. The van der Waals surface area contributed by atoms with Gasteiger partial charge >= 0.3 is 0 Å². The lowest BCUT2D eigenvalue weighted by Gasteiger charge is -2.20. The van der Waals surface area contributed by atoms with Crippen LogP contribution in [0.5, 0.6) is 0 Å². The molecule has 1 nitrogen and oxygen atoms in total. The quantitative estimate of drug-likeness (QED) is 0.655. The minimum absolute atomic E-state index is 0.287. The molecule has 2 aromatic carbocycles. The van der Waals surface area contributed by atoms with Gasteiger partial charge in [0.25, 0.3) is 0 Å². The minimum atomic E-state index is 0.287. The molecule has 3 heteroatoms. The van der Waals surface area contributed by atoms with Gasteiger partial charge < -0.3 is 5.32 Å². The zero-order valence-electron chi connectivity index (χ0n) is 12.3. The normalized spacial score (nSPS) is 12.3. The summed E-state index contributed by atoms with van der Waals surface area (Å²) in [4.78, 5) is 0. The molecule has 0 bridgehead atoms. The van der Waals surface area contributed by atoms with Crippen LogP contribution in [0.25, 0.3) is 0 Å². The second-order valence-corrected chi connectivity index (χ2v) is 6.52. The van der Waals surface area contributed by atoms with Crippen molar-refractivity contribution in [1.29, 1.82) is 0 Å². The molecule has 0 heterocycles. The van der Waals surface area contributed by atoms with Crippen LogP contribution in [0, 0.1) is 0 Å². The first kappa shape index (κ1) is 16.5. The average molecular weight is 367 g/mol. The maximum atomic E-state index is 6.39. The number of hydrogen-bond donors (Lipinski definition) is 1. The molecule has 2 rings (SSSR count). The van der Waals surface area contributed by atoms with Crippen molar-refractivity contribution in [2.75, 3.05) is 6.54 Å². The van der Waals surface area contributed by atoms with E-state index in [2.05, 4.69) is 64.6 Å². The molecule has 0 saturated heterocycles. The number of aryl methyl sites for hydroxylation is 1.